The maximum Gasteiger partial charge on any atom is 0.311 e. The lowest BCUT2D eigenvalue weighted by Crippen LogP contribution is -2.16. The van der Waals surface area contributed by atoms with Gasteiger partial charge in [0, 0.05) is 23.6 Å². The molecule has 0 amide bonds. The molecule has 1 aromatic heterocycles. The summed E-state index contributed by atoms with van der Waals surface area (Å²) in [5.41, 5.74) is 2.23. The van der Waals surface area contributed by atoms with E-state index in [0.717, 1.165) is 29.6 Å². The summed E-state index contributed by atoms with van der Waals surface area (Å²) in [4.78, 5) is 16.9. The van der Waals surface area contributed by atoms with Gasteiger partial charge in [0.25, 0.3) is 0 Å². The zero-order valence-corrected chi connectivity index (χ0v) is 13.7. The lowest BCUT2D eigenvalue weighted by molar-refractivity contribution is -0.153. The molecule has 0 spiro atoms. The fraction of sp³-hybridized carbons (Fsp3) is 0.471. The average molecular weight is 304 g/mol. The van der Waals surface area contributed by atoms with E-state index >= 15 is 0 Å². The number of aromatic amines is 1. The number of carbonyl (C=O) groups excluding carboxylic acids is 1. The molecule has 120 valence electrons. The Bertz CT molecular complexity index is 632. The first-order valence-corrected chi connectivity index (χ1v) is 7.52. The molecule has 0 unspecified atom stereocenters. The van der Waals surface area contributed by atoms with Crippen LogP contribution in [-0.4, -0.2) is 43.3 Å². The van der Waals surface area contributed by atoms with Gasteiger partial charge in [0.1, 0.15) is 5.75 Å². The van der Waals surface area contributed by atoms with Crippen LogP contribution in [0.25, 0.3) is 10.9 Å². The molecular formula is C17H24N2O3. The van der Waals surface area contributed by atoms with Crippen molar-refractivity contribution in [2.45, 2.75) is 20.3 Å². The van der Waals surface area contributed by atoms with Gasteiger partial charge in [0.05, 0.1) is 5.92 Å². The molecule has 0 saturated carbocycles. The number of esters is 1. The van der Waals surface area contributed by atoms with Crippen LogP contribution in [0, 0.1) is 5.92 Å². The smallest absolute Gasteiger partial charge is 0.311 e. The molecule has 0 radical (unpaired) electrons. The number of nitrogens with one attached hydrogen (secondary N) is 1. The van der Waals surface area contributed by atoms with Crippen LogP contribution < -0.4 is 4.74 Å². The molecule has 2 aromatic rings. The highest BCUT2D eigenvalue weighted by atomic mass is 16.7. The lowest BCUT2D eigenvalue weighted by atomic mass is 10.1. The number of likely N-dealkylation sites (N-methyl/N-ethyl adjacent to an activating group) is 1. The first-order valence-electron chi connectivity index (χ1n) is 7.52. The number of ether oxygens (including phenoxy) is 2. The monoisotopic (exact) mass is 304 g/mol. The van der Waals surface area contributed by atoms with Crippen molar-refractivity contribution in [3.05, 3.63) is 30.0 Å². The quantitative estimate of drug-likeness (QED) is 0.631. The minimum Gasteiger partial charge on any atom is -0.457 e. The van der Waals surface area contributed by atoms with Gasteiger partial charge >= 0.3 is 5.97 Å². The third kappa shape index (κ3) is 4.01. The fourth-order valence-electron chi connectivity index (χ4n) is 2.20. The SMILES string of the molecule is CC(C)C(=O)OCOc1cccc2[nH]cc(CCN(C)C)c12. The molecule has 0 aliphatic heterocycles. The fourth-order valence-corrected chi connectivity index (χ4v) is 2.20. The summed E-state index contributed by atoms with van der Waals surface area (Å²) < 4.78 is 10.8. The van der Waals surface area contributed by atoms with E-state index in [0.29, 0.717) is 0 Å². The van der Waals surface area contributed by atoms with Crippen LogP contribution in [0.2, 0.25) is 0 Å². The number of aromatic nitrogens is 1. The number of hydrogen-bond donors (Lipinski definition) is 1. The van der Waals surface area contributed by atoms with Crippen LogP contribution in [0.3, 0.4) is 0 Å². The molecule has 0 saturated heterocycles. The molecule has 0 aliphatic rings. The molecule has 2 rings (SSSR count). The molecule has 0 fully saturated rings. The zero-order chi connectivity index (χ0) is 16.1. The largest absolute Gasteiger partial charge is 0.457 e. The molecule has 5 heteroatoms. The second-order valence-corrected chi connectivity index (χ2v) is 5.93. The second kappa shape index (κ2) is 7.31. The van der Waals surface area contributed by atoms with Gasteiger partial charge in [0.2, 0.25) is 6.79 Å². The van der Waals surface area contributed by atoms with Crippen molar-refractivity contribution in [3.8, 4) is 5.75 Å². The van der Waals surface area contributed by atoms with E-state index in [1.54, 1.807) is 13.8 Å². The third-order valence-electron chi connectivity index (χ3n) is 3.46. The van der Waals surface area contributed by atoms with Crippen molar-refractivity contribution in [1.29, 1.82) is 0 Å². The number of nitrogens with zero attached hydrogens (tertiary/aromatic N) is 1. The van der Waals surface area contributed by atoms with Crippen molar-refractivity contribution < 1.29 is 14.3 Å². The summed E-state index contributed by atoms with van der Waals surface area (Å²) in [5, 5.41) is 1.06. The first-order chi connectivity index (χ1) is 10.5. The van der Waals surface area contributed by atoms with E-state index in [2.05, 4.69) is 24.0 Å². The molecule has 5 nitrogen and oxygen atoms in total. The van der Waals surface area contributed by atoms with Gasteiger partial charge in [-0.1, -0.05) is 19.9 Å². The topological polar surface area (TPSA) is 54.6 Å². The number of hydrogen-bond acceptors (Lipinski definition) is 4. The van der Waals surface area contributed by atoms with Crippen molar-refractivity contribution in [1.82, 2.24) is 9.88 Å². The Morgan fingerprint density at radius 2 is 2.09 bits per heavy atom. The van der Waals surface area contributed by atoms with Crippen molar-refractivity contribution in [2.75, 3.05) is 27.4 Å². The van der Waals surface area contributed by atoms with E-state index < -0.39 is 0 Å². The number of carbonyl (C=O) groups is 1. The second-order valence-electron chi connectivity index (χ2n) is 5.93. The number of H-pyrrole nitrogens is 1. The summed E-state index contributed by atoms with van der Waals surface area (Å²) in [6.07, 6.45) is 2.94. The highest BCUT2D eigenvalue weighted by molar-refractivity contribution is 5.89. The Kier molecular flexibility index (Phi) is 5.44. The van der Waals surface area contributed by atoms with Crippen LogP contribution in [0.5, 0.6) is 5.75 Å². The van der Waals surface area contributed by atoms with Gasteiger partial charge in [-0.05, 0) is 38.2 Å². The predicted molar refractivity (Wildman–Crippen MR) is 87.0 cm³/mol. The standard InChI is InChI=1S/C17H24N2O3/c1-12(2)17(20)22-11-21-15-7-5-6-14-16(15)13(10-18-14)8-9-19(3)4/h5-7,10,12,18H,8-9,11H2,1-4H3. The highest BCUT2D eigenvalue weighted by Crippen LogP contribution is 2.29. The van der Waals surface area contributed by atoms with Crippen LogP contribution >= 0.6 is 0 Å². The molecule has 0 bridgehead atoms. The molecule has 1 heterocycles. The summed E-state index contributed by atoms with van der Waals surface area (Å²) >= 11 is 0. The third-order valence-corrected chi connectivity index (χ3v) is 3.46. The Labute approximate surface area is 131 Å². The van der Waals surface area contributed by atoms with E-state index in [4.69, 9.17) is 9.47 Å². The van der Waals surface area contributed by atoms with Crippen LogP contribution in [0.15, 0.2) is 24.4 Å². The maximum atomic E-state index is 11.5. The number of rotatable bonds is 7. The van der Waals surface area contributed by atoms with Crippen molar-refractivity contribution >= 4 is 16.9 Å². The predicted octanol–water partition coefficient (Wildman–Crippen LogP) is 2.81. The van der Waals surface area contributed by atoms with E-state index in [9.17, 15) is 4.79 Å². The van der Waals surface area contributed by atoms with Gasteiger partial charge in [-0.3, -0.25) is 4.79 Å². The number of benzene rings is 1. The zero-order valence-electron chi connectivity index (χ0n) is 13.7. The Morgan fingerprint density at radius 1 is 1.32 bits per heavy atom. The van der Waals surface area contributed by atoms with Crippen LogP contribution in [0.1, 0.15) is 19.4 Å². The van der Waals surface area contributed by atoms with Gasteiger partial charge in [-0.15, -0.1) is 0 Å². The normalized spacial score (nSPS) is 11.4. The van der Waals surface area contributed by atoms with Gasteiger partial charge in [0.15, 0.2) is 0 Å². The van der Waals surface area contributed by atoms with E-state index in [1.807, 2.05) is 24.4 Å². The molecule has 0 aliphatic carbocycles. The Hall–Kier alpha value is -2.01. The summed E-state index contributed by atoms with van der Waals surface area (Å²) in [5.74, 6) is 0.334. The summed E-state index contributed by atoms with van der Waals surface area (Å²) in [6.45, 7) is 4.50. The first kappa shape index (κ1) is 16.4. The van der Waals surface area contributed by atoms with Crippen LogP contribution in [0.4, 0.5) is 0 Å². The minimum absolute atomic E-state index is 0.0611. The molecule has 1 N–H and O–H groups in total. The minimum atomic E-state index is -0.255. The van der Waals surface area contributed by atoms with Gasteiger partial charge < -0.3 is 19.4 Å². The van der Waals surface area contributed by atoms with Gasteiger partial charge in [-0.2, -0.15) is 0 Å². The average Bonchev–Trinajstić information content (AvgIpc) is 2.89. The summed E-state index contributed by atoms with van der Waals surface area (Å²) in [6, 6.07) is 5.84. The molecule has 22 heavy (non-hydrogen) atoms. The van der Waals surface area contributed by atoms with Gasteiger partial charge in [-0.25, -0.2) is 0 Å². The molecule has 1 aromatic carbocycles. The van der Waals surface area contributed by atoms with Crippen LogP contribution in [-0.2, 0) is 16.0 Å². The lowest BCUT2D eigenvalue weighted by Gasteiger charge is -2.12. The Balaban J connectivity index is 2.11. The maximum absolute atomic E-state index is 11.5. The Morgan fingerprint density at radius 3 is 2.77 bits per heavy atom. The molecular weight excluding hydrogens is 280 g/mol. The van der Waals surface area contributed by atoms with E-state index in [-0.39, 0.29) is 18.7 Å². The van der Waals surface area contributed by atoms with Crippen molar-refractivity contribution in [2.24, 2.45) is 5.92 Å². The summed E-state index contributed by atoms with van der Waals surface area (Å²) in [7, 11) is 4.11. The van der Waals surface area contributed by atoms with Crippen molar-refractivity contribution in [3.63, 3.8) is 0 Å². The van der Waals surface area contributed by atoms with E-state index in [1.165, 1.54) is 5.56 Å². The highest BCUT2D eigenvalue weighted by Gasteiger charge is 2.12. The molecule has 0 atom stereocenters. The number of fused-ring (bicyclic) bond motifs is 1.